The molecule has 0 bridgehead atoms. The number of likely N-dealkylation sites (N-methyl/N-ethyl adjacent to an activating group) is 1. The maximum Gasteiger partial charge on any atom is 0.415 e. The van der Waals surface area contributed by atoms with Gasteiger partial charge in [0.2, 0.25) is 5.91 Å². The van der Waals surface area contributed by atoms with E-state index >= 15 is 0 Å². The third-order valence-corrected chi connectivity index (χ3v) is 3.63. The Morgan fingerprint density at radius 2 is 1.68 bits per heavy atom. The van der Waals surface area contributed by atoms with E-state index in [2.05, 4.69) is 0 Å². The molecular weight excluding hydrogens is 280 g/mol. The highest BCUT2D eigenvalue weighted by Crippen LogP contribution is 2.32. The lowest BCUT2D eigenvalue weighted by atomic mass is 10.2. The maximum absolute atomic E-state index is 12.3. The van der Waals surface area contributed by atoms with E-state index in [1.54, 1.807) is 11.9 Å². The zero-order chi connectivity index (χ0) is 15.5. The van der Waals surface area contributed by atoms with Crippen LogP contribution in [0.2, 0.25) is 0 Å². The van der Waals surface area contributed by atoms with Crippen LogP contribution in [0.15, 0.2) is 54.6 Å². The van der Waals surface area contributed by atoms with Gasteiger partial charge in [0.25, 0.3) is 0 Å². The molecule has 5 heteroatoms. The molecule has 22 heavy (non-hydrogen) atoms. The second-order valence-corrected chi connectivity index (χ2v) is 5.07. The van der Waals surface area contributed by atoms with E-state index < -0.39 is 6.09 Å². The van der Waals surface area contributed by atoms with E-state index in [1.807, 2.05) is 54.6 Å². The van der Waals surface area contributed by atoms with Gasteiger partial charge in [-0.3, -0.25) is 9.69 Å². The quantitative estimate of drug-likeness (QED) is 0.856. The van der Waals surface area contributed by atoms with Crippen LogP contribution in [0.5, 0.6) is 0 Å². The highest BCUT2D eigenvalue weighted by Gasteiger charge is 2.31. The number of ether oxygens (including phenoxy) is 1. The second-order valence-electron chi connectivity index (χ2n) is 5.07. The summed E-state index contributed by atoms with van der Waals surface area (Å²) in [6, 6.07) is 16.7. The molecule has 1 aliphatic heterocycles. The minimum Gasteiger partial charge on any atom is -0.444 e. The highest BCUT2D eigenvalue weighted by molar-refractivity contribution is 6.09. The molecule has 0 aromatic heterocycles. The Morgan fingerprint density at radius 1 is 1.05 bits per heavy atom. The highest BCUT2D eigenvalue weighted by atomic mass is 16.6. The van der Waals surface area contributed by atoms with Crippen molar-refractivity contribution < 1.29 is 14.3 Å². The first-order chi connectivity index (χ1) is 10.7. The third kappa shape index (κ3) is 2.65. The number of fused-ring (bicyclic) bond motifs is 1. The average Bonchev–Trinajstić information content (AvgIpc) is 2.57. The first-order valence-corrected chi connectivity index (χ1v) is 7.00. The fraction of sp³-hybridized carbons (Fsp3) is 0.176. The number of hydrogen-bond donors (Lipinski definition) is 0. The molecule has 0 spiro atoms. The SMILES string of the molecule is CN1C(=O)CN(C(=O)OCc2ccccc2)c2ccccc21. The van der Waals surface area contributed by atoms with Crippen molar-refractivity contribution in [1.29, 1.82) is 0 Å². The topological polar surface area (TPSA) is 49.9 Å². The van der Waals surface area contributed by atoms with E-state index in [1.165, 1.54) is 4.90 Å². The van der Waals surface area contributed by atoms with Crippen molar-refractivity contribution >= 4 is 23.4 Å². The van der Waals surface area contributed by atoms with Crippen LogP contribution in [0.3, 0.4) is 0 Å². The lowest BCUT2D eigenvalue weighted by Crippen LogP contribution is -2.46. The van der Waals surface area contributed by atoms with Crippen molar-refractivity contribution in [3.05, 3.63) is 60.2 Å². The van der Waals surface area contributed by atoms with E-state index in [-0.39, 0.29) is 19.1 Å². The zero-order valence-corrected chi connectivity index (χ0v) is 12.2. The molecule has 1 aliphatic rings. The second kappa shape index (κ2) is 5.89. The van der Waals surface area contributed by atoms with Crippen LogP contribution >= 0.6 is 0 Å². The molecule has 1 heterocycles. The third-order valence-electron chi connectivity index (χ3n) is 3.63. The summed E-state index contributed by atoms with van der Waals surface area (Å²) in [4.78, 5) is 27.3. The maximum atomic E-state index is 12.3. The van der Waals surface area contributed by atoms with Gasteiger partial charge in [-0.25, -0.2) is 4.79 Å². The summed E-state index contributed by atoms with van der Waals surface area (Å²) < 4.78 is 5.32. The molecule has 0 saturated heterocycles. The molecule has 0 N–H and O–H groups in total. The minimum absolute atomic E-state index is 0.0128. The van der Waals surface area contributed by atoms with Gasteiger partial charge in [-0.05, 0) is 17.7 Å². The Morgan fingerprint density at radius 3 is 2.41 bits per heavy atom. The normalized spacial score (nSPS) is 13.8. The summed E-state index contributed by atoms with van der Waals surface area (Å²) in [5.74, 6) is -0.143. The van der Waals surface area contributed by atoms with Crippen LogP contribution < -0.4 is 9.80 Å². The molecule has 2 amide bonds. The fourth-order valence-electron chi connectivity index (χ4n) is 2.40. The number of rotatable bonds is 2. The number of carbonyl (C=O) groups excluding carboxylic acids is 2. The van der Waals surface area contributed by atoms with Crippen molar-refractivity contribution in [3.63, 3.8) is 0 Å². The molecule has 0 saturated carbocycles. The number of nitrogens with zero attached hydrogens (tertiary/aromatic N) is 2. The Hall–Kier alpha value is -2.82. The number of hydrogen-bond acceptors (Lipinski definition) is 3. The van der Waals surface area contributed by atoms with Crippen molar-refractivity contribution in [1.82, 2.24) is 0 Å². The lowest BCUT2D eigenvalue weighted by molar-refractivity contribution is -0.117. The van der Waals surface area contributed by atoms with Gasteiger partial charge >= 0.3 is 6.09 Å². The van der Waals surface area contributed by atoms with Crippen molar-refractivity contribution in [2.45, 2.75) is 6.61 Å². The summed E-state index contributed by atoms with van der Waals surface area (Å²) >= 11 is 0. The number of carbonyl (C=O) groups is 2. The van der Waals surface area contributed by atoms with Gasteiger partial charge in [0.05, 0.1) is 11.4 Å². The van der Waals surface area contributed by atoms with Gasteiger partial charge in [0.1, 0.15) is 13.2 Å². The predicted octanol–water partition coefficient (Wildman–Crippen LogP) is 2.81. The Labute approximate surface area is 128 Å². The van der Waals surface area contributed by atoms with Crippen molar-refractivity contribution in [2.75, 3.05) is 23.4 Å². The van der Waals surface area contributed by atoms with Crippen LogP contribution in [0.4, 0.5) is 16.2 Å². The van der Waals surface area contributed by atoms with Crippen molar-refractivity contribution in [3.8, 4) is 0 Å². The van der Waals surface area contributed by atoms with Gasteiger partial charge in [0, 0.05) is 7.05 Å². The molecule has 5 nitrogen and oxygen atoms in total. The fourth-order valence-corrected chi connectivity index (χ4v) is 2.40. The van der Waals surface area contributed by atoms with Gasteiger partial charge in [0.15, 0.2) is 0 Å². The Bertz CT molecular complexity index is 700. The summed E-state index contributed by atoms with van der Waals surface area (Å²) in [6.45, 7) is 0.170. The van der Waals surface area contributed by atoms with E-state index in [0.717, 1.165) is 5.56 Å². The van der Waals surface area contributed by atoms with Gasteiger partial charge in [-0.2, -0.15) is 0 Å². The van der Waals surface area contributed by atoms with E-state index in [0.29, 0.717) is 11.4 Å². The molecule has 0 fully saturated rings. The van der Waals surface area contributed by atoms with Gasteiger partial charge in [-0.15, -0.1) is 0 Å². The van der Waals surface area contributed by atoms with Crippen LogP contribution in [-0.4, -0.2) is 25.6 Å². The van der Waals surface area contributed by atoms with E-state index in [9.17, 15) is 9.59 Å². The van der Waals surface area contributed by atoms with Gasteiger partial charge < -0.3 is 9.64 Å². The number of para-hydroxylation sites is 2. The summed E-state index contributed by atoms with van der Waals surface area (Å²) in [5, 5.41) is 0. The molecule has 0 radical (unpaired) electrons. The number of benzene rings is 2. The van der Waals surface area contributed by atoms with Crippen LogP contribution in [0.25, 0.3) is 0 Å². The van der Waals surface area contributed by atoms with Crippen LogP contribution in [0.1, 0.15) is 5.56 Å². The summed E-state index contributed by atoms with van der Waals surface area (Å²) in [5.41, 5.74) is 2.29. The molecular formula is C17H16N2O3. The number of amides is 2. The van der Waals surface area contributed by atoms with Crippen LogP contribution in [0, 0.1) is 0 Å². The molecule has 0 aliphatic carbocycles. The first-order valence-electron chi connectivity index (χ1n) is 7.00. The predicted molar refractivity (Wildman–Crippen MR) is 83.8 cm³/mol. The zero-order valence-electron chi connectivity index (χ0n) is 12.2. The van der Waals surface area contributed by atoms with Crippen LogP contribution in [-0.2, 0) is 16.1 Å². The smallest absolute Gasteiger partial charge is 0.415 e. The molecule has 112 valence electrons. The molecule has 2 aromatic carbocycles. The standard InChI is InChI=1S/C17H16N2O3/c1-18-14-9-5-6-10-15(14)19(11-16(18)20)17(21)22-12-13-7-3-2-4-8-13/h2-10H,11-12H2,1H3. The Balaban J connectivity index is 1.78. The Kier molecular flexibility index (Phi) is 3.78. The molecule has 2 aromatic rings. The van der Waals surface area contributed by atoms with E-state index in [4.69, 9.17) is 4.74 Å². The average molecular weight is 296 g/mol. The lowest BCUT2D eigenvalue weighted by Gasteiger charge is -2.33. The monoisotopic (exact) mass is 296 g/mol. The van der Waals surface area contributed by atoms with Crippen molar-refractivity contribution in [2.24, 2.45) is 0 Å². The minimum atomic E-state index is -0.516. The summed E-state index contributed by atoms with van der Waals surface area (Å²) in [7, 11) is 1.70. The molecule has 3 rings (SSSR count). The first kappa shape index (κ1) is 14.1. The number of anilines is 2. The largest absolute Gasteiger partial charge is 0.444 e. The summed E-state index contributed by atoms with van der Waals surface area (Å²) in [6.07, 6.45) is -0.516. The molecule has 0 atom stereocenters. The molecule has 0 unspecified atom stereocenters. The van der Waals surface area contributed by atoms with Gasteiger partial charge in [-0.1, -0.05) is 42.5 Å².